The molecule has 1 aliphatic rings. The standard InChI is InChI=1S/C14H18F3N3O2/c1-22-13(21)10-19-5-2-6-20(8-7-19)12-4-3-11(9-18-12)14(15,16)17/h3-4,9H,2,5-8,10H2,1H3. The lowest BCUT2D eigenvalue weighted by Crippen LogP contribution is -2.34. The fraction of sp³-hybridized carbons (Fsp3) is 0.571. The normalized spacial score (nSPS) is 17.2. The molecule has 0 aliphatic carbocycles. The zero-order valence-electron chi connectivity index (χ0n) is 12.3. The number of ether oxygens (including phenoxy) is 1. The van der Waals surface area contributed by atoms with Crippen LogP contribution in [0.1, 0.15) is 12.0 Å². The van der Waals surface area contributed by atoms with E-state index in [1.165, 1.54) is 13.2 Å². The molecule has 0 amide bonds. The number of hydrogen-bond acceptors (Lipinski definition) is 5. The lowest BCUT2D eigenvalue weighted by molar-refractivity contribution is -0.142. The zero-order chi connectivity index (χ0) is 16.2. The van der Waals surface area contributed by atoms with Crippen molar-refractivity contribution in [1.82, 2.24) is 9.88 Å². The van der Waals surface area contributed by atoms with Gasteiger partial charge in [0.15, 0.2) is 0 Å². The molecule has 1 aliphatic heterocycles. The van der Waals surface area contributed by atoms with Crippen LogP contribution in [0, 0.1) is 0 Å². The minimum Gasteiger partial charge on any atom is -0.468 e. The van der Waals surface area contributed by atoms with Crippen molar-refractivity contribution in [3.8, 4) is 0 Å². The number of alkyl halides is 3. The molecule has 8 heteroatoms. The Morgan fingerprint density at radius 1 is 1.27 bits per heavy atom. The summed E-state index contributed by atoms with van der Waals surface area (Å²) in [5, 5.41) is 0. The summed E-state index contributed by atoms with van der Waals surface area (Å²) in [6, 6.07) is 2.43. The fourth-order valence-corrected chi connectivity index (χ4v) is 2.35. The van der Waals surface area contributed by atoms with E-state index in [0.29, 0.717) is 25.5 Å². The number of rotatable bonds is 3. The predicted octanol–water partition coefficient (Wildman–Crippen LogP) is 1.79. The molecule has 1 fully saturated rings. The summed E-state index contributed by atoms with van der Waals surface area (Å²) < 4.78 is 42.2. The predicted molar refractivity (Wildman–Crippen MR) is 74.5 cm³/mol. The SMILES string of the molecule is COC(=O)CN1CCCN(c2ccc(C(F)(F)F)cn2)CC1. The molecule has 1 saturated heterocycles. The quantitative estimate of drug-likeness (QED) is 0.795. The monoisotopic (exact) mass is 317 g/mol. The number of halogens is 3. The van der Waals surface area contributed by atoms with Gasteiger partial charge < -0.3 is 9.64 Å². The van der Waals surface area contributed by atoms with Gasteiger partial charge in [0.05, 0.1) is 19.2 Å². The van der Waals surface area contributed by atoms with E-state index in [9.17, 15) is 18.0 Å². The minimum absolute atomic E-state index is 0.227. The number of hydrogen-bond donors (Lipinski definition) is 0. The van der Waals surface area contributed by atoms with E-state index in [-0.39, 0.29) is 12.5 Å². The smallest absolute Gasteiger partial charge is 0.417 e. The van der Waals surface area contributed by atoms with Gasteiger partial charge in [-0.2, -0.15) is 13.2 Å². The first-order valence-electron chi connectivity index (χ1n) is 6.97. The average molecular weight is 317 g/mol. The van der Waals surface area contributed by atoms with Crippen LogP contribution >= 0.6 is 0 Å². The van der Waals surface area contributed by atoms with Gasteiger partial charge in [-0.1, -0.05) is 0 Å². The maximum Gasteiger partial charge on any atom is 0.417 e. The van der Waals surface area contributed by atoms with Crippen molar-refractivity contribution in [3.05, 3.63) is 23.9 Å². The van der Waals surface area contributed by atoms with Crippen molar-refractivity contribution in [2.24, 2.45) is 0 Å². The Kier molecular flexibility index (Phi) is 5.23. The molecule has 0 N–H and O–H groups in total. The Morgan fingerprint density at radius 2 is 2.05 bits per heavy atom. The van der Waals surface area contributed by atoms with E-state index < -0.39 is 11.7 Å². The van der Waals surface area contributed by atoms with Crippen LogP contribution in [0.3, 0.4) is 0 Å². The van der Waals surface area contributed by atoms with Gasteiger partial charge in [-0.25, -0.2) is 4.98 Å². The molecule has 2 heterocycles. The first-order chi connectivity index (χ1) is 10.4. The number of carbonyl (C=O) groups is 1. The fourth-order valence-electron chi connectivity index (χ4n) is 2.35. The zero-order valence-corrected chi connectivity index (χ0v) is 12.3. The summed E-state index contributed by atoms with van der Waals surface area (Å²) in [6.07, 6.45) is -2.71. The van der Waals surface area contributed by atoms with Crippen LogP contribution in [0.15, 0.2) is 18.3 Å². The highest BCUT2D eigenvalue weighted by Gasteiger charge is 2.31. The Morgan fingerprint density at radius 3 is 2.64 bits per heavy atom. The Hall–Kier alpha value is -1.83. The number of aromatic nitrogens is 1. The van der Waals surface area contributed by atoms with Crippen molar-refractivity contribution in [2.45, 2.75) is 12.6 Å². The molecule has 0 spiro atoms. The van der Waals surface area contributed by atoms with Crippen molar-refractivity contribution in [1.29, 1.82) is 0 Å². The number of nitrogens with zero attached hydrogens (tertiary/aromatic N) is 3. The van der Waals surface area contributed by atoms with Crippen molar-refractivity contribution in [2.75, 3.05) is 44.7 Å². The summed E-state index contributed by atoms with van der Waals surface area (Å²) in [6.45, 7) is 2.90. The molecule has 0 unspecified atom stereocenters. The summed E-state index contributed by atoms with van der Waals surface area (Å²) in [5.74, 6) is 0.231. The number of pyridine rings is 1. The molecule has 5 nitrogen and oxygen atoms in total. The summed E-state index contributed by atoms with van der Waals surface area (Å²) >= 11 is 0. The third-order valence-corrected chi connectivity index (χ3v) is 3.57. The van der Waals surface area contributed by atoms with Crippen molar-refractivity contribution >= 4 is 11.8 Å². The molecular formula is C14H18F3N3O2. The maximum atomic E-state index is 12.5. The van der Waals surface area contributed by atoms with Crippen LogP contribution in [0.5, 0.6) is 0 Å². The minimum atomic E-state index is -4.37. The largest absolute Gasteiger partial charge is 0.468 e. The van der Waals surface area contributed by atoms with Crippen LogP contribution in [0.2, 0.25) is 0 Å². The molecule has 0 bridgehead atoms. The second-order valence-corrected chi connectivity index (χ2v) is 5.10. The van der Waals surface area contributed by atoms with Crippen LogP contribution in [0.4, 0.5) is 19.0 Å². The second kappa shape index (κ2) is 6.95. The summed E-state index contributed by atoms with van der Waals surface area (Å²) in [4.78, 5) is 19.1. The third-order valence-electron chi connectivity index (χ3n) is 3.57. The molecule has 0 radical (unpaired) electrons. The lowest BCUT2D eigenvalue weighted by Gasteiger charge is -2.22. The lowest BCUT2D eigenvalue weighted by atomic mass is 10.2. The molecular weight excluding hydrogens is 299 g/mol. The van der Waals surface area contributed by atoms with Crippen LogP contribution in [0.25, 0.3) is 0 Å². The molecule has 0 atom stereocenters. The van der Waals surface area contributed by atoms with Crippen molar-refractivity contribution < 1.29 is 22.7 Å². The van der Waals surface area contributed by atoms with Crippen molar-refractivity contribution in [3.63, 3.8) is 0 Å². The Balaban J connectivity index is 1.97. The topological polar surface area (TPSA) is 45.7 Å². The van der Waals surface area contributed by atoms with Gasteiger partial charge in [-0.3, -0.25) is 9.69 Å². The first-order valence-corrected chi connectivity index (χ1v) is 6.97. The van der Waals surface area contributed by atoms with E-state index in [1.807, 2.05) is 9.80 Å². The molecule has 22 heavy (non-hydrogen) atoms. The van der Waals surface area contributed by atoms with E-state index in [4.69, 9.17) is 0 Å². The Bertz CT molecular complexity index is 505. The van der Waals surface area contributed by atoms with Crippen LogP contribution in [-0.2, 0) is 15.7 Å². The molecule has 0 aromatic carbocycles. The molecule has 122 valence electrons. The number of anilines is 1. The van der Waals surface area contributed by atoms with E-state index in [1.54, 1.807) is 0 Å². The van der Waals surface area contributed by atoms with E-state index >= 15 is 0 Å². The van der Waals surface area contributed by atoms with E-state index in [2.05, 4.69) is 9.72 Å². The van der Waals surface area contributed by atoms with E-state index in [0.717, 1.165) is 25.2 Å². The third kappa shape index (κ3) is 4.33. The number of esters is 1. The van der Waals surface area contributed by atoms with Crippen LogP contribution < -0.4 is 4.90 Å². The van der Waals surface area contributed by atoms with Gasteiger partial charge >= 0.3 is 12.1 Å². The summed E-state index contributed by atoms with van der Waals surface area (Å²) in [7, 11) is 1.35. The highest BCUT2D eigenvalue weighted by atomic mass is 19.4. The highest BCUT2D eigenvalue weighted by molar-refractivity contribution is 5.71. The van der Waals surface area contributed by atoms with Crippen LogP contribution in [-0.4, -0.2) is 55.7 Å². The molecule has 1 aromatic heterocycles. The second-order valence-electron chi connectivity index (χ2n) is 5.10. The average Bonchev–Trinajstić information content (AvgIpc) is 2.72. The maximum absolute atomic E-state index is 12.5. The molecule has 0 saturated carbocycles. The van der Waals surface area contributed by atoms with Gasteiger partial charge in [-0.05, 0) is 18.6 Å². The van der Waals surface area contributed by atoms with Gasteiger partial charge in [0.2, 0.25) is 0 Å². The highest BCUT2D eigenvalue weighted by Crippen LogP contribution is 2.29. The number of carbonyl (C=O) groups excluding carboxylic acids is 1. The summed E-state index contributed by atoms with van der Waals surface area (Å²) in [5.41, 5.74) is -0.751. The van der Waals surface area contributed by atoms with Gasteiger partial charge in [0, 0.05) is 32.4 Å². The molecule has 2 rings (SSSR count). The number of methoxy groups -OCH3 is 1. The first kappa shape index (κ1) is 16.5. The Labute approximate surface area is 126 Å². The van der Waals surface area contributed by atoms with Gasteiger partial charge in [0.1, 0.15) is 5.82 Å². The molecule has 1 aromatic rings. The van der Waals surface area contributed by atoms with Gasteiger partial charge in [0.25, 0.3) is 0 Å². The van der Waals surface area contributed by atoms with Gasteiger partial charge in [-0.15, -0.1) is 0 Å².